The molecule has 2 aromatic rings. The second-order valence-electron chi connectivity index (χ2n) is 5.84. The molecule has 2 aliphatic rings. The van der Waals surface area contributed by atoms with Gasteiger partial charge in [-0.2, -0.15) is 0 Å². The van der Waals surface area contributed by atoms with Crippen molar-refractivity contribution in [3.05, 3.63) is 51.5 Å². The number of anilines is 1. The number of rotatable bonds is 3. The molecule has 0 aliphatic carbocycles. The number of halogens is 1. The summed E-state index contributed by atoms with van der Waals surface area (Å²) in [4.78, 5) is 12.2. The van der Waals surface area contributed by atoms with Gasteiger partial charge in [0.2, 0.25) is 0 Å². The molecule has 0 atom stereocenters. The fraction of sp³-hybridized carbons (Fsp3) is 0.278. The van der Waals surface area contributed by atoms with Crippen molar-refractivity contribution in [3.8, 4) is 11.5 Å². The Morgan fingerprint density at radius 2 is 2.04 bits per heavy atom. The molecule has 6 heteroatoms. The molecule has 0 radical (unpaired) electrons. The Morgan fingerprint density at radius 1 is 1.17 bits per heavy atom. The molecule has 24 heavy (non-hydrogen) atoms. The zero-order chi connectivity index (χ0) is 16.5. The van der Waals surface area contributed by atoms with Gasteiger partial charge in [-0.1, -0.05) is 22.0 Å². The van der Waals surface area contributed by atoms with Gasteiger partial charge in [-0.15, -0.1) is 0 Å². The van der Waals surface area contributed by atoms with Crippen LogP contribution in [0, 0.1) is 0 Å². The Hall–Kier alpha value is -2.21. The van der Waals surface area contributed by atoms with E-state index in [1.807, 2.05) is 24.3 Å². The van der Waals surface area contributed by atoms with E-state index in [0.717, 1.165) is 45.6 Å². The molecule has 0 fully saturated rings. The summed E-state index contributed by atoms with van der Waals surface area (Å²) in [7, 11) is 0. The summed E-state index contributed by atoms with van der Waals surface area (Å²) < 4.78 is 12.4. The molecule has 0 spiro atoms. The lowest BCUT2D eigenvalue weighted by molar-refractivity contribution is 0.251. The van der Waals surface area contributed by atoms with Crippen molar-refractivity contribution in [1.29, 1.82) is 0 Å². The van der Waals surface area contributed by atoms with E-state index >= 15 is 0 Å². The van der Waals surface area contributed by atoms with Gasteiger partial charge < -0.3 is 20.1 Å². The summed E-state index contributed by atoms with van der Waals surface area (Å²) in [6, 6.07) is 9.33. The maximum Gasteiger partial charge on any atom is 0.319 e. The van der Waals surface area contributed by atoms with E-state index in [-0.39, 0.29) is 6.03 Å². The van der Waals surface area contributed by atoms with E-state index in [0.29, 0.717) is 19.8 Å². The van der Waals surface area contributed by atoms with Crippen molar-refractivity contribution in [2.75, 3.05) is 18.5 Å². The third-order valence-electron chi connectivity index (χ3n) is 4.27. The molecule has 0 saturated carbocycles. The fourth-order valence-electron chi connectivity index (χ4n) is 3.18. The standard InChI is InChI=1S/C18H17BrN2O3/c19-12-2-1-3-13(9-12)21-18(22)20-10-15-14-5-7-23-16(14)8-11-4-6-24-17(11)15/h1-3,8-9H,4-7,10H2,(H2,20,21,22). The van der Waals surface area contributed by atoms with Gasteiger partial charge in [-0.3, -0.25) is 0 Å². The largest absolute Gasteiger partial charge is 0.493 e. The van der Waals surface area contributed by atoms with E-state index in [4.69, 9.17) is 9.47 Å². The van der Waals surface area contributed by atoms with Crippen LogP contribution in [0.25, 0.3) is 0 Å². The SMILES string of the molecule is O=C(NCc1c2c(cc3c1OCC3)OCC2)Nc1cccc(Br)c1. The van der Waals surface area contributed by atoms with Crippen LogP contribution in [0.2, 0.25) is 0 Å². The second-order valence-corrected chi connectivity index (χ2v) is 6.75. The number of carbonyl (C=O) groups is 1. The number of nitrogens with one attached hydrogen (secondary N) is 2. The normalized spacial score (nSPS) is 14.4. The van der Waals surface area contributed by atoms with Gasteiger partial charge in [-0.25, -0.2) is 4.79 Å². The number of carbonyl (C=O) groups excluding carboxylic acids is 1. The number of hydrogen-bond donors (Lipinski definition) is 2. The van der Waals surface area contributed by atoms with Crippen LogP contribution in [-0.4, -0.2) is 19.2 Å². The van der Waals surface area contributed by atoms with Crippen LogP contribution in [0.4, 0.5) is 10.5 Å². The molecular formula is C18H17BrN2O3. The van der Waals surface area contributed by atoms with Gasteiger partial charge in [0.05, 0.1) is 13.2 Å². The maximum atomic E-state index is 12.2. The number of amides is 2. The number of benzene rings is 2. The molecule has 124 valence electrons. The minimum Gasteiger partial charge on any atom is -0.493 e. The highest BCUT2D eigenvalue weighted by Gasteiger charge is 2.26. The summed E-state index contributed by atoms with van der Waals surface area (Å²) in [5, 5.41) is 5.76. The number of hydrogen-bond acceptors (Lipinski definition) is 3. The first-order valence-electron chi connectivity index (χ1n) is 7.94. The predicted molar refractivity (Wildman–Crippen MR) is 94.8 cm³/mol. The van der Waals surface area contributed by atoms with Crippen LogP contribution in [-0.2, 0) is 19.4 Å². The van der Waals surface area contributed by atoms with Gasteiger partial charge in [-0.05, 0) is 24.3 Å². The van der Waals surface area contributed by atoms with Crippen molar-refractivity contribution < 1.29 is 14.3 Å². The third kappa shape index (κ3) is 2.94. The summed E-state index contributed by atoms with van der Waals surface area (Å²) in [5.74, 6) is 1.85. The average molecular weight is 389 g/mol. The second kappa shape index (κ2) is 6.36. The minimum atomic E-state index is -0.239. The lowest BCUT2D eigenvalue weighted by Gasteiger charge is -2.14. The highest BCUT2D eigenvalue weighted by Crippen LogP contribution is 2.40. The Kier molecular flexibility index (Phi) is 4.06. The number of urea groups is 1. The van der Waals surface area contributed by atoms with Crippen molar-refractivity contribution >= 4 is 27.6 Å². The fourth-order valence-corrected chi connectivity index (χ4v) is 3.58. The number of ether oxygens (including phenoxy) is 2. The van der Waals surface area contributed by atoms with Crippen LogP contribution >= 0.6 is 15.9 Å². The highest BCUT2D eigenvalue weighted by molar-refractivity contribution is 9.10. The molecule has 0 aromatic heterocycles. The average Bonchev–Trinajstić information content (AvgIpc) is 3.20. The third-order valence-corrected chi connectivity index (χ3v) is 4.76. The van der Waals surface area contributed by atoms with Gasteiger partial charge in [0, 0.05) is 46.2 Å². The molecular weight excluding hydrogens is 372 g/mol. The van der Waals surface area contributed by atoms with E-state index < -0.39 is 0 Å². The van der Waals surface area contributed by atoms with Gasteiger partial charge in [0.25, 0.3) is 0 Å². The highest BCUT2D eigenvalue weighted by atomic mass is 79.9. The molecule has 2 aromatic carbocycles. The molecule has 0 saturated heterocycles. The van der Waals surface area contributed by atoms with E-state index in [1.165, 1.54) is 5.56 Å². The van der Waals surface area contributed by atoms with Crippen LogP contribution in [0.5, 0.6) is 11.5 Å². The molecule has 4 rings (SSSR count). The first kappa shape index (κ1) is 15.3. The molecule has 0 unspecified atom stereocenters. The van der Waals surface area contributed by atoms with Crippen molar-refractivity contribution in [3.63, 3.8) is 0 Å². The van der Waals surface area contributed by atoms with Crippen molar-refractivity contribution in [2.24, 2.45) is 0 Å². The van der Waals surface area contributed by atoms with Gasteiger partial charge in [0.1, 0.15) is 11.5 Å². The Balaban J connectivity index is 1.49. The van der Waals surface area contributed by atoms with Crippen LogP contribution < -0.4 is 20.1 Å². The van der Waals surface area contributed by atoms with Gasteiger partial charge >= 0.3 is 6.03 Å². The Morgan fingerprint density at radius 3 is 2.92 bits per heavy atom. The van der Waals surface area contributed by atoms with Crippen molar-refractivity contribution in [1.82, 2.24) is 5.32 Å². The molecule has 2 aliphatic heterocycles. The Bertz CT molecular complexity index is 775. The molecule has 2 heterocycles. The first-order valence-corrected chi connectivity index (χ1v) is 8.73. The maximum absolute atomic E-state index is 12.2. The van der Waals surface area contributed by atoms with E-state index in [2.05, 4.69) is 32.6 Å². The quantitative estimate of drug-likeness (QED) is 0.843. The van der Waals surface area contributed by atoms with E-state index in [9.17, 15) is 4.79 Å². The molecule has 5 nitrogen and oxygen atoms in total. The zero-order valence-electron chi connectivity index (χ0n) is 13.0. The summed E-state index contributed by atoms with van der Waals surface area (Å²) in [6.45, 7) is 1.81. The lowest BCUT2D eigenvalue weighted by Crippen LogP contribution is -2.28. The summed E-state index contributed by atoms with van der Waals surface area (Å²) in [5.41, 5.74) is 4.10. The molecule has 2 amide bonds. The minimum absolute atomic E-state index is 0.239. The van der Waals surface area contributed by atoms with Crippen LogP contribution in [0.3, 0.4) is 0 Å². The summed E-state index contributed by atoms with van der Waals surface area (Å²) in [6.07, 6.45) is 1.75. The molecule has 0 bridgehead atoms. The van der Waals surface area contributed by atoms with E-state index in [1.54, 1.807) is 0 Å². The molecule has 2 N–H and O–H groups in total. The topological polar surface area (TPSA) is 59.6 Å². The number of fused-ring (bicyclic) bond motifs is 2. The smallest absolute Gasteiger partial charge is 0.319 e. The van der Waals surface area contributed by atoms with Crippen molar-refractivity contribution in [2.45, 2.75) is 19.4 Å². The summed E-state index contributed by atoms with van der Waals surface area (Å²) >= 11 is 3.39. The first-order chi connectivity index (χ1) is 11.7. The van der Waals surface area contributed by atoms with Crippen LogP contribution in [0.1, 0.15) is 16.7 Å². The predicted octanol–water partition coefficient (Wildman–Crippen LogP) is 3.64. The lowest BCUT2D eigenvalue weighted by atomic mass is 9.99. The van der Waals surface area contributed by atoms with Gasteiger partial charge in [0.15, 0.2) is 0 Å². The zero-order valence-corrected chi connectivity index (χ0v) is 14.6. The Labute approximate surface area is 148 Å². The monoisotopic (exact) mass is 388 g/mol. The van der Waals surface area contributed by atoms with Crippen LogP contribution in [0.15, 0.2) is 34.8 Å².